The van der Waals surface area contributed by atoms with Gasteiger partial charge in [-0.3, -0.25) is 4.99 Å². The normalized spacial score (nSPS) is 29.3. The standard InChI is InChI=1S/C12H23N3O3/c1-13-12(14-7-10-3-2-4-17-10)15-8-11-9-16-5-6-18-11/h10-11H,2-9H2,1H3,(H2,13,14,15). The molecule has 0 aromatic heterocycles. The molecule has 0 saturated carbocycles. The fourth-order valence-electron chi connectivity index (χ4n) is 2.10. The third-order valence-electron chi connectivity index (χ3n) is 3.13. The average Bonchev–Trinajstić information content (AvgIpc) is 2.93. The van der Waals surface area contributed by atoms with E-state index in [1.165, 1.54) is 0 Å². The number of hydrogen-bond acceptors (Lipinski definition) is 4. The van der Waals surface area contributed by atoms with Gasteiger partial charge in [-0.1, -0.05) is 0 Å². The Bertz CT molecular complexity index is 261. The molecule has 18 heavy (non-hydrogen) atoms. The van der Waals surface area contributed by atoms with E-state index in [1.54, 1.807) is 7.05 Å². The first-order valence-electron chi connectivity index (χ1n) is 6.64. The fourth-order valence-corrected chi connectivity index (χ4v) is 2.10. The van der Waals surface area contributed by atoms with Crippen molar-refractivity contribution in [2.45, 2.75) is 25.0 Å². The Hall–Kier alpha value is -0.850. The minimum Gasteiger partial charge on any atom is -0.376 e. The van der Waals surface area contributed by atoms with E-state index < -0.39 is 0 Å². The van der Waals surface area contributed by atoms with Crippen LogP contribution in [0.2, 0.25) is 0 Å². The Kier molecular flexibility index (Phi) is 5.70. The Morgan fingerprint density at radius 1 is 1.11 bits per heavy atom. The van der Waals surface area contributed by atoms with Crippen LogP contribution in [0.1, 0.15) is 12.8 Å². The van der Waals surface area contributed by atoms with E-state index >= 15 is 0 Å². The van der Waals surface area contributed by atoms with Gasteiger partial charge in [0, 0.05) is 26.7 Å². The van der Waals surface area contributed by atoms with E-state index in [-0.39, 0.29) is 6.10 Å². The maximum absolute atomic E-state index is 5.56. The number of guanidine groups is 1. The molecule has 104 valence electrons. The monoisotopic (exact) mass is 257 g/mol. The molecule has 2 aliphatic heterocycles. The highest BCUT2D eigenvalue weighted by molar-refractivity contribution is 5.79. The number of hydrogen-bond donors (Lipinski definition) is 2. The van der Waals surface area contributed by atoms with Crippen LogP contribution < -0.4 is 10.6 Å². The van der Waals surface area contributed by atoms with E-state index in [0.29, 0.717) is 32.5 Å². The highest BCUT2D eigenvalue weighted by Gasteiger charge is 2.17. The van der Waals surface area contributed by atoms with Crippen molar-refractivity contribution in [3.63, 3.8) is 0 Å². The van der Waals surface area contributed by atoms with Crippen molar-refractivity contribution >= 4 is 5.96 Å². The molecule has 0 aromatic carbocycles. The second kappa shape index (κ2) is 7.56. The SMILES string of the molecule is CN=C(NCC1CCCO1)NCC1COCCO1. The highest BCUT2D eigenvalue weighted by atomic mass is 16.6. The molecule has 2 aliphatic rings. The maximum Gasteiger partial charge on any atom is 0.191 e. The van der Waals surface area contributed by atoms with E-state index in [4.69, 9.17) is 14.2 Å². The highest BCUT2D eigenvalue weighted by Crippen LogP contribution is 2.10. The van der Waals surface area contributed by atoms with Crippen molar-refractivity contribution < 1.29 is 14.2 Å². The van der Waals surface area contributed by atoms with E-state index in [1.807, 2.05) is 0 Å². The zero-order valence-corrected chi connectivity index (χ0v) is 11.0. The first-order valence-corrected chi connectivity index (χ1v) is 6.64. The van der Waals surface area contributed by atoms with Gasteiger partial charge in [0.1, 0.15) is 0 Å². The van der Waals surface area contributed by atoms with Crippen LogP contribution >= 0.6 is 0 Å². The molecule has 0 spiro atoms. The van der Waals surface area contributed by atoms with Gasteiger partial charge in [-0.15, -0.1) is 0 Å². The largest absolute Gasteiger partial charge is 0.376 e. The van der Waals surface area contributed by atoms with Crippen LogP contribution in [0.4, 0.5) is 0 Å². The number of aliphatic imine (C=N–C) groups is 1. The maximum atomic E-state index is 5.56. The van der Waals surface area contributed by atoms with Crippen molar-refractivity contribution in [2.75, 3.05) is 46.6 Å². The summed E-state index contributed by atoms with van der Waals surface area (Å²) >= 11 is 0. The van der Waals surface area contributed by atoms with Gasteiger partial charge in [-0.25, -0.2) is 0 Å². The van der Waals surface area contributed by atoms with E-state index in [0.717, 1.165) is 32.0 Å². The summed E-state index contributed by atoms with van der Waals surface area (Å²) in [6.07, 6.45) is 2.72. The molecule has 6 heteroatoms. The van der Waals surface area contributed by atoms with Gasteiger partial charge in [0.2, 0.25) is 0 Å². The summed E-state index contributed by atoms with van der Waals surface area (Å²) in [7, 11) is 1.77. The molecule has 0 amide bonds. The molecule has 0 aliphatic carbocycles. The lowest BCUT2D eigenvalue weighted by Gasteiger charge is -2.24. The lowest BCUT2D eigenvalue weighted by Crippen LogP contribution is -2.46. The summed E-state index contributed by atoms with van der Waals surface area (Å²) in [5.74, 6) is 0.791. The molecule has 2 rings (SSSR count). The third kappa shape index (κ3) is 4.44. The zero-order valence-electron chi connectivity index (χ0n) is 11.0. The Morgan fingerprint density at radius 2 is 1.89 bits per heavy atom. The predicted molar refractivity (Wildman–Crippen MR) is 68.9 cm³/mol. The molecule has 2 heterocycles. The number of rotatable bonds is 4. The van der Waals surface area contributed by atoms with Gasteiger partial charge in [-0.2, -0.15) is 0 Å². The molecule has 0 radical (unpaired) electrons. The first kappa shape index (κ1) is 13.6. The minimum absolute atomic E-state index is 0.111. The average molecular weight is 257 g/mol. The van der Waals surface area contributed by atoms with Crippen LogP contribution in [0, 0.1) is 0 Å². The lowest BCUT2D eigenvalue weighted by atomic mass is 10.2. The molecule has 0 bridgehead atoms. The smallest absolute Gasteiger partial charge is 0.191 e. The summed E-state index contributed by atoms with van der Waals surface area (Å²) in [5, 5.41) is 6.51. The van der Waals surface area contributed by atoms with Gasteiger partial charge >= 0.3 is 0 Å². The number of nitrogens with zero attached hydrogens (tertiary/aromatic N) is 1. The minimum atomic E-state index is 0.111. The van der Waals surface area contributed by atoms with Gasteiger partial charge in [0.15, 0.2) is 5.96 Å². The number of ether oxygens (including phenoxy) is 3. The summed E-state index contributed by atoms with van der Waals surface area (Å²) in [5.41, 5.74) is 0. The summed E-state index contributed by atoms with van der Waals surface area (Å²) in [6, 6.07) is 0. The molecule has 2 atom stereocenters. The van der Waals surface area contributed by atoms with Crippen LogP contribution in [-0.4, -0.2) is 64.7 Å². The van der Waals surface area contributed by atoms with Crippen LogP contribution in [-0.2, 0) is 14.2 Å². The van der Waals surface area contributed by atoms with E-state index in [9.17, 15) is 0 Å². The summed E-state index contributed by atoms with van der Waals surface area (Å²) < 4.78 is 16.5. The second-order valence-electron chi connectivity index (χ2n) is 4.54. The van der Waals surface area contributed by atoms with Crippen molar-refractivity contribution in [3.8, 4) is 0 Å². The van der Waals surface area contributed by atoms with Crippen LogP contribution in [0.15, 0.2) is 4.99 Å². The molecule has 6 nitrogen and oxygen atoms in total. The Labute approximate surface area is 108 Å². The molecule has 2 saturated heterocycles. The topological polar surface area (TPSA) is 64.1 Å². The molecule has 2 unspecified atom stereocenters. The quantitative estimate of drug-likeness (QED) is 0.537. The molecule has 2 fully saturated rings. The molecular weight excluding hydrogens is 234 g/mol. The van der Waals surface area contributed by atoms with Crippen LogP contribution in [0.5, 0.6) is 0 Å². The molecule has 2 N–H and O–H groups in total. The van der Waals surface area contributed by atoms with Crippen molar-refractivity contribution in [1.29, 1.82) is 0 Å². The number of nitrogens with one attached hydrogen (secondary N) is 2. The summed E-state index contributed by atoms with van der Waals surface area (Å²) in [6.45, 7) is 4.42. The molecule has 0 aromatic rings. The van der Waals surface area contributed by atoms with E-state index in [2.05, 4.69) is 15.6 Å². The van der Waals surface area contributed by atoms with Crippen LogP contribution in [0.3, 0.4) is 0 Å². The summed E-state index contributed by atoms with van der Waals surface area (Å²) in [4.78, 5) is 4.18. The Balaban J connectivity index is 1.62. The van der Waals surface area contributed by atoms with Gasteiger partial charge in [0.25, 0.3) is 0 Å². The Morgan fingerprint density at radius 3 is 2.50 bits per heavy atom. The van der Waals surface area contributed by atoms with Gasteiger partial charge < -0.3 is 24.8 Å². The lowest BCUT2D eigenvalue weighted by molar-refractivity contribution is -0.0850. The van der Waals surface area contributed by atoms with Crippen molar-refractivity contribution in [3.05, 3.63) is 0 Å². The molecular formula is C12H23N3O3. The predicted octanol–water partition coefficient (Wildman–Crippen LogP) is -0.254. The third-order valence-corrected chi connectivity index (χ3v) is 3.13. The van der Waals surface area contributed by atoms with Crippen LogP contribution in [0.25, 0.3) is 0 Å². The first-order chi connectivity index (χ1) is 8.88. The fraction of sp³-hybridized carbons (Fsp3) is 0.917. The van der Waals surface area contributed by atoms with Crippen molar-refractivity contribution in [2.24, 2.45) is 4.99 Å². The van der Waals surface area contributed by atoms with Gasteiger partial charge in [-0.05, 0) is 12.8 Å². The second-order valence-corrected chi connectivity index (χ2v) is 4.54. The zero-order chi connectivity index (χ0) is 12.6. The van der Waals surface area contributed by atoms with Gasteiger partial charge in [0.05, 0.1) is 32.0 Å². The van der Waals surface area contributed by atoms with Crippen molar-refractivity contribution in [1.82, 2.24) is 10.6 Å².